The molecule has 0 fully saturated rings. The summed E-state index contributed by atoms with van der Waals surface area (Å²) in [4.78, 5) is 13.9. The number of hydrogen-bond acceptors (Lipinski definition) is 6. The highest BCUT2D eigenvalue weighted by Crippen LogP contribution is 2.26. The highest BCUT2D eigenvalue weighted by Gasteiger charge is 2.19. The topological polar surface area (TPSA) is 53.2 Å². The summed E-state index contributed by atoms with van der Waals surface area (Å²) in [6, 6.07) is 11.1. The summed E-state index contributed by atoms with van der Waals surface area (Å²) in [6.45, 7) is 16.9. The third-order valence-electron chi connectivity index (χ3n) is 5.05. The van der Waals surface area contributed by atoms with Crippen LogP contribution < -0.4 is 0 Å². The average molecular weight is 462 g/mol. The second-order valence-corrected chi connectivity index (χ2v) is 8.88. The van der Waals surface area contributed by atoms with Gasteiger partial charge in [0, 0.05) is 17.6 Å². The second kappa shape index (κ2) is 11.0. The quantitative estimate of drug-likeness (QED) is 0.362. The first-order valence-corrected chi connectivity index (χ1v) is 11.4. The van der Waals surface area contributed by atoms with Crippen LogP contribution in [0.4, 0.5) is 4.39 Å². The number of benzene rings is 1. The van der Waals surface area contributed by atoms with E-state index in [0.717, 1.165) is 40.4 Å². The van der Waals surface area contributed by atoms with Crippen molar-refractivity contribution in [3.8, 4) is 0 Å². The normalized spacial score (nSPS) is 14.8. The van der Waals surface area contributed by atoms with E-state index >= 15 is 0 Å². The maximum atomic E-state index is 13.2. The lowest BCUT2D eigenvalue weighted by Crippen LogP contribution is -2.28. The van der Waals surface area contributed by atoms with Gasteiger partial charge < -0.3 is 0 Å². The van der Waals surface area contributed by atoms with Gasteiger partial charge in [0.1, 0.15) is 10.9 Å². The molecule has 170 valence electrons. The van der Waals surface area contributed by atoms with Gasteiger partial charge in [-0.2, -0.15) is 5.10 Å². The highest BCUT2D eigenvalue weighted by atomic mass is 32.2. The van der Waals surface area contributed by atoms with Gasteiger partial charge >= 0.3 is 0 Å². The van der Waals surface area contributed by atoms with Crippen molar-refractivity contribution in [2.24, 2.45) is 15.1 Å². The Balaban J connectivity index is 1.71. The molecule has 0 radical (unpaired) electrons. The van der Waals surface area contributed by atoms with Crippen molar-refractivity contribution in [3.05, 3.63) is 95.6 Å². The molecule has 0 spiro atoms. The number of nitrogens with zero attached hydrogens (tertiary/aromatic N) is 5. The van der Waals surface area contributed by atoms with Crippen LogP contribution in [-0.2, 0) is 0 Å². The summed E-state index contributed by atoms with van der Waals surface area (Å²) < 4.78 is 13.2. The lowest BCUT2D eigenvalue weighted by Gasteiger charge is -2.28. The van der Waals surface area contributed by atoms with Gasteiger partial charge in [0.25, 0.3) is 0 Å². The van der Waals surface area contributed by atoms with E-state index in [9.17, 15) is 4.39 Å². The first-order chi connectivity index (χ1) is 15.8. The number of rotatable bonds is 7. The molecule has 1 aliphatic rings. The first-order valence-electron chi connectivity index (χ1n) is 10.6. The third-order valence-corrected chi connectivity index (χ3v) is 6.05. The third kappa shape index (κ3) is 6.58. The van der Waals surface area contributed by atoms with Crippen LogP contribution in [0, 0.1) is 12.7 Å². The van der Waals surface area contributed by atoms with Crippen LogP contribution in [0.25, 0.3) is 5.70 Å². The maximum absolute atomic E-state index is 13.2. The van der Waals surface area contributed by atoms with Crippen molar-refractivity contribution in [1.29, 1.82) is 0 Å². The van der Waals surface area contributed by atoms with Crippen LogP contribution in [0.2, 0.25) is 0 Å². The number of halogens is 1. The van der Waals surface area contributed by atoms with E-state index in [-0.39, 0.29) is 5.82 Å². The van der Waals surface area contributed by atoms with Crippen molar-refractivity contribution in [2.45, 2.75) is 26.7 Å². The van der Waals surface area contributed by atoms with Gasteiger partial charge in [0.2, 0.25) is 0 Å². The molecule has 0 N–H and O–H groups in total. The number of hydrazone groups is 1. The van der Waals surface area contributed by atoms with Crippen molar-refractivity contribution < 1.29 is 4.39 Å². The highest BCUT2D eigenvalue weighted by molar-refractivity contribution is 8.17. The van der Waals surface area contributed by atoms with Gasteiger partial charge in [-0.25, -0.2) is 4.39 Å². The van der Waals surface area contributed by atoms with Gasteiger partial charge in [0.15, 0.2) is 0 Å². The number of allylic oxidation sites excluding steroid dienone is 1. The fraction of sp³-hybridized carbons (Fsp3) is 0.231. The second-order valence-electron chi connectivity index (χ2n) is 7.72. The number of aryl methyl sites for hydroxylation is 1. The van der Waals surface area contributed by atoms with E-state index in [1.54, 1.807) is 13.1 Å². The Morgan fingerprint density at radius 2 is 2.00 bits per heavy atom. The van der Waals surface area contributed by atoms with E-state index in [1.165, 1.54) is 29.6 Å². The molecule has 2 aromatic rings. The van der Waals surface area contributed by atoms with Crippen LogP contribution in [-0.4, -0.2) is 40.1 Å². The van der Waals surface area contributed by atoms with Crippen molar-refractivity contribution in [1.82, 2.24) is 9.99 Å². The molecule has 0 unspecified atom stereocenters. The predicted molar refractivity (Wildman–Crippen MR) is 139 cm³/mol. The summed E-state index contributed by atoms with van der Waals surface area (Å²) in [5, 5.41) is 7.30. The van der Waals surface area contributed by atoms with Gasteiger partial charge in [-0.15, -0.1) is 0 Å². The van der Waals surface area contributed by atoms with Crippen LogP contribution >= 0.6 is 11.8 Å². The zero-order valence-electron chi connectivity index (χ0n) is 19.3. The maximum Gasteiger partial charge on any atom is 0.141 e. The molecule has 1 aliphatic heterocycles. The summed E-state index contributed by atoms with van der Waals surface area (Å²) in [6.07, 6.45) is 2.74. The Hall–Kier alpha value is -3.32. The van der Waals surface area contributed by atoms with E-state index in [4.69, 9.17) is 10.1 Å². The van der Waals surface area contributed by atoms with Crippen LogP contribution in [0.3, 0.4) is 0 Å². The van der Waals surface area contributed by atoms with Gasteiger partial charge in [-0.1, -0.05) is 55.3 Å². The van der Waals surface area contributed by atoms with E-state index < -0.39 is 0 Å². The fourth-order valence-corrected chi connectivity index (χ4v) is 4.04. The molecular weight excluding hydrogens is 433 g/mol. The molecule has 3 rings (SSSR count). The van der Waals surface area contributed by atoms with E-state index in [2.05, 4.69) is 35.8 Å². The molecule has 1 aromatic carbocycles. The molecule has 5 nitrogen and oxygen atoms in total. The first kappa shape index (κ1) is 24.3. The van der Waals surface area contributed by atoms with Gasteiger partial charge in [-0.3, -0.25) is 20.0 Å². The minimum absolute atomic E-state index is 0.383. The zero-order chi connectivity index (χ0) is 24.0. The lowest BCUT2D eigenvalue weighted by atomic mass is 10.1. The minimum atomic E-state index is -0.383. The minimum Gasteiger partial charge on any atom is -0.279 e. The molecule has 2 heterocycles. The van der Waals surface area contributed by atoms with Crippen molar-refractivity contribution in [3.63, 3.8) is 0 Å². The monoisotopic (exact) mass is 461 g/mol. The molecule has 33 heavy (non-hydrogen) atoms. The Morgan fingerprint density at radius 1 is 1.21 bits per heavy atom. The number of hydrogen-bond donors (Lipinski definition) is 0. The molecule has 7 heteroatoms. The Bertz CT molecular complexity index is 1160. The Morgan fingerprint density at radius 3 is 2.67 bits per heavy atom. The average Bonchev–Trinajstić information content (AvgIpc) is 2.79. The SMILES string of the molecule is C=C(CN1N=C(/C(C)=N/C(=C)c2cccc(C)c2)CCC1=C)S/C(=N\C)c1ccc(F)cn1. The smallest absolute Gasteiger partial charge is 0.141 e. The Labute approximate surface area is 199 Å². The molecule has 0 saturated heterocycles. The van der Waals surface area contributed by atoms with E-state index in [0.29, 0.717) is 23.0 Å². The summed E-state index contributed by atoms with van der Waals surface area (Å²) in [5.74, 6) is -0.383. The van der Waals surface area contributed by atoms with Crippen LogP contribution in [0.1, 0.15) is 36.6 Å². The number of pyridine rings is 1. The number of thioether (sulfide) groups is 1. The van der Waals surface area contributed by atoms with Crippen molar-refractivity contribution in [2.75, 3.05) is 13.6 Å². The fourth-order valence-electron chi connectivity index (χ4n) is 3.27. The molecule has 0 aliphatic carbocycles. The van der Waals surface area contributed by atoms with Crippen LogP contribution in [0.5, 0.6) is 0 Å². The molecule has 0 amide bonds. The number of aromatic nitrogens is 1. The summed E-state index contributed by atoms with van der Waals surface area (Å²) in [5.41, 5.74) is 6.14. The summed E-state index contributed by atoms with van der Waals surface area (Å²) in [7, 11) is 1.68. The van der Waals surface area contributed by atoms with Gasteiger partial charge in [0.05, 0.1) is 35.6 Å². The molecule has 1 aromatic heterocycles. The molecular formula is C26H28FN5S. The summed E-state index contributed by atoms with van der Waals surface area (Å²) >= 11 is 1.39. The largest absolute Gasteiger partial charge is 0.279 e. The molecule has 0 atom stereocenters. The zero-order valence-corrected chi connectivity index (χ0v) is 20.1. The predicted octanol–water partition coefficient (Wildman–Crippen LogP) is 6.25. The Kier molecular flexibility index (Phi) is 8.11. The molecule has 0 saturated carbocycles. The molecule has 0 bridgehead atoms. The van der Waals surface area contributed by atoms with Crippen molar-refractivity contribution >= 4 is 33.9 Å². The van der Waals surface area contributed by atoms with Crippen LogP contribution in [0.15, 0.2) is 88.0 Å². The van der Waals surface area contributed by atoms with Gasteiger partial charge in [-0.05, 0) is 50.5 Å². The number of aliphatic imine (C=N–C) groups is 2. The standard InChI is InChI=1S/C26H28FN5S/c1-17-8-7-9-22(14-17)20(4)30-21(5)24-12-10-18(2)32(31-24)16-19(3)33-26(28-6)25-13-11-23(27)15-29-25/h7-9,11,13-15H,2-4,10,12,16H2,1,5-6H3/b28-26-,30-21+. The lowest BCUT2D eigenvalue weighted by molar-refractivity contribution is 0.376. The van der Waals surface area contributed by atoms with E-state index in [1.807, 2.05) is 37.1 Å².